The van der Waals surface area contributed by atoms with E-state index in [0.717, 1.165) is 0 Å². The van der Waals surface area contributed by atoms with Gasteiger partial charge in [0.1, 0.15) is 6.79 Å². The largest absolute Gasteiger partial charge is 0.642 e. The smallest absolute Gasteiger partial charge is 0.389 e. The van der Waals surface area contributed by atoms with Gasteiger partial charge >= 0.3 is 7.32 Å². The van der Waals surface area contributed by atoms with E-state index in [9.17, 15) is 0 Å². The third-order valence-electron chi connectivity index (χ3n) is 0.601. The van der Waals surface area contributed by atoms with Gasteiger partial charge in [0.15, 0.2) is 0 Å². The fraction of sp³-hybridized carbons (Fsp3) is 1.00. The lowest BCUT2D eigenvalue weighted by Gasteiger charge is -2.19. The Balaban J connectivity index is 2.01. The molecule has 34 valence electrons. The summed E-state index contributed by atoms with van der Waals surface area (Å²) < 4.78 is 13.8. The Morgan fingerprint density at radius 3 is 2.33 bits per heavy atom. The van der Waals surface area contributed by atoms with Crippen LogP contribution in [0.5, 0.6) is 0 Å². The quantitative estimate of drug-likeness (QED) is 0.409. The summed E-state index contributed by atoms with van der Waals surface area (Å²) in [7, 11) is 1.15. The zero-order valence-corrected chi connectivity index (χ0v) is 3.51. The molecule has 0 atom stereocenters. The highest BCUT2D eigenvalue weighted by Gasteiger charge is 2.27. The van der Waals surface area contributed by atoms with Crippen molar-refractivity contribution in [2.24, 2.45) is 0 Å². The molecule has 3 nitrogen and oxygen atoms in total. The predicted molar refractivity (Wildman–Crippen MR) is 19.8 cm³/mol. The Morgan fingerprint density at radius 1 is 1.67 bits per heavy atom. The van der Waals surface area contributed by atoms with Crippen molar-refractivity contribution < 1.29 is 14.0 Å². The van der Waals surface area contributed by atoms with E-state index in [-0.39, 0.29) is 7.32 Å². The van der Waals surface area contributed by atoms with Crippen LogP contribution in [0.25, 0.3) is 0 Å². The summed E-state index contributed by atoms with van der Waals surface area (Å²) in [6, 6.07) is 0. The molecule has 0 radical (unpaired) electrons. The molecule has 0 aromatic heterocycles. The Bertz CT molecular complexity index is 41.3. The van der Waals surface area contributed by atoms with Gasteiger partial charge in [0, 0.05) is 7.11 Å². The summed E-state index contributed by atoms with van der Waals surface area (Å²) in [6.07, 6.45) is 0. The molecule has 0 bridgehead atoms. The lowest BCUT2D eigenvalue weighted by Crippen LogP contribution is -2.37. The van der Waals surface area contributed by atoms with Crippen molar-refractivity contribution in [1.29, 1.82) is 0 Å². The molecule has 0 spiro atoms. The number of hydrogen-bond donors (Lipinski definition) is 0. The normalized spacial score (nSPS) is 20.5. The van der Waals surface area contributed by atoms with Crippen LogP contribution in [0.1, 0.15) is 0 Å². The van der Waals surface area contributed by atoms with Gasteiger partial charge in [-0.05, 0) is 0 Å². The predicted octanol–water partition coefficient (Wildman–Crippen LogP) is -0.378. The fourth-order valence-corrected chi connectivity index (χ4v) is 0.260. The van der Waals surface area contributed by atoms with Crippen molar-refractivity contribution in [2.75, 3.05) is 13.9 Å². The molecule has 6 heavy (non-hydrogen) atoms. The Labute approximate surface area is 36.4 Å². The van der Waals surface area contributed by atoms with E-state index >= 15 is 0 Å². The highest BCUT2D eigenvalue weighted by atomic mass is 16.9. The molecule has 0 N–H and O–H groups in total. The average Bonchev–Trinajstić information content (AvgIpc) is 1.31. The van der Waals surface area contributed by atoms with Gasteiger partial charge in [-0.25, -0.2) is 0 Å². The molecule has 0 aliphatic carbocycles. The second-order valence-corrected chi connectivity index (χ2v) is 0.976. The van der Waals surface area contributed by atoms with Crippen LogP contribution in [0, 0.1) is 0 Å². The first-order chi connectivity index (χ1) is 2.93. The van der Waals surface area contributed by atoms with Crippen molar-refractivity contribution in [2.45, 2.75) is 0 Å². The van der Waals surface area contributed by atoms with E-state index in [1.807, 2.05) is 0 Å². The van der Waals surface area contributed by atoms with E-state index in [1.165, 1.54) is 7.11 Å². The standard InChI is InChI=1S/C2H5BO3/c1-4-3-5-2-6-3/h2H2,1H3. The van der Waals surface area contributed by atoms with Crippen molar-refractivity contribution in [3.05, 3.63) is 0 Å². The van der Waals surface area contributed by atoms with Crippen molar-refractivity contribution in [3.63, 3.8) is 0 Å². The van der Waals surface area contributed by atoms with E-state index in [1.54, 1.807) is 0 Å². The van der Waals surface area contributed by atoms with Gasteiger partial charge in [0.2, 0.25) is 0 Å². The SMILES string of the molecule is COB1OCO1. The maximum atomic E-state index is 4.64. The van der Waals surface area contributed by atoms with Gasteiger partial charge in [-0.2, -0.15) is 0 Å². The lowest BCUT2D eigenvalue weighted by molar-refractivity contribution is -0.0626. The minimum atomic E-state index is -0.384. The minimum absolute atomic E-state index is 0.374. The summed E-state index contributed by atoms with van der Waals surface area (Å²) in [5, 5.41) is 0. The molecule has 0 saturated carbocycles. The summed E-state index contributed by atoms with van der Waals surface area (Å²) in [5.74, 6) is 0. The van der Waals surface area contributed by atoms with E-state index in [4.69, 9.17) is 0 Å². The van der Waals surface area contributed by atoms with Crippen molar-refractivity contribution >= 4 is 7.32 Å². The zero-order chi connectivity index (χ0) is 4.41. The van der Waals surface area contributed by atoms with Crippen LogP contribution in [-0.2, 0) is 14.0 Å². The average molecular weight is 87.9 g/mol. The highest BCUT2D eigenvalue weighted by Crippen LogP contribution is 1.99. The molecule has 0 aromatic rings. The molecule has 1 fully saturated rings. The van der Waals surface area contributed by atoms with Gasteiger partial charge in [-0.3, -0.25) is 0 Å². The summed E-state index contributed by atoms with van der Waals surface area (Å²) in [6.45, 7) is 0.374. The molecule has 1 saturated heterocycles. The van der Waals surface area contributed by atoms with Crippen LogP contribution in [0.2, 0.25) is 0 Å². The minimum Gasteiger partial charge on any atom is -0.389 e. The first-order valence-corrected chi connectivity index (χ1v) is 1.69. The third-order valence-corrected chi connectivity index (χ3v) is 0.601. The Hall–Kier alpha value is -0.0551. The van der Waals surface area contributed by atoms with Crippen LogP contribution < -0.4 is 0 Å². The fourth-order valence-electron chi connectivity index (χ4n) is 0.260. The monoisotopic (exact) mass is 88.0 g/mol. The van der Waals surface area contributed by atoms with Crippen molar-refractivity contribution in [1.82, 2.24) is 0 Å². The molecule has 1 aliphatic heterocycles. The van der Waals surface area contributed by atoms with Crippen LogP contribution in [-0.4, -0.2) is 21.2 Å². The summed E-state index contributed by atoms with van der Waals surface area (Å²) in [4.78, 5) is 0. The van der Waals surface area contributed by atoms with Crippen LogP contribution >= 0.6 is 0 Å². The van der Waals surface area contributed by atoms with E-state index in [2.05, 4.69) is 14.0 Å². The lowest BCUT2D eigenvalue weighted by atomic mass is 10.2. The first kappa shape index (κ1) is 4.11. The summed E-state index contributed by atoms with van der Waals surface area (Å²) in [5.41, 5.74) is 0. The van der Waals surface area contributed by atoms with Gasteiger partial charge in [0.05, 0.1) is 0 Å². The third kappa shape index (κ3) is 0.542. The van der Waals surface area contributed by atoms with Crippen molar-refractivity contribution in [3.8, 4) is 0 Å². The maximum Gasteiger partial charge on any atom is 0.642 e. The Kier molecular flexibility index (Phi) is 1.09. The molecule has 1 rings (SSSR count). The molecular weight excluding hydrogens is 82.8 g/mol. The maximum absolute atomic E-state index is 4.64. The first-order valence-electron chi connectivity index (χ1n) is 1.69. The van der Waals surface area contributed by atoms with Gasteiger partial charge < -0.3 is 14.0 Å². The van der Waals surface area contributed by atoms with E-state index in [0.29, 0.717) is 6.79 Å². The van der Waals surface area contributed by atoms with Gasteiger partial charge in [-0.15, -0.1) is 0 Å². The number of hydrogen-bond acceptors (Lipinski definition) is 3. The van der Waals surface area contributed by atoms with Crippen LogP contribution in [0.4, 0.5) is 0 Å². The van der Waals surface area contributed by atoms with Gasteiger partial charge in [0.25, 0.3) is 0 Å². The molecule has 0 unspecified atom stereocenters. The van der Waals surface area contributed by atoms with Gasteiger partial charge in [-0.1, -0.05) is 0 Å². The van der Waals surface area contributed by atoms with E-state index < -0.39 is 0 Å². The molecule has 4 heteroatoms. The molecule has 1 heterocycles. The molecule has 1 aliphatic rings. The second kappa shape index (κ2) is 1.60. The molecular formula is C2H5BO3. The van der Waals surface area contributed by atoms with Crippen LogP contribution in [0.3, 0.4) is 0 Å². The van der Waals surface area contributed by atoms with Crippen LogP contribution in [0.15, 0.2) is 0 Å². The molecule has 0 aromatic carbocycles. The molecule has 0 amide bonds. The Morgan fingerprint density at radius 2 is 2.33 bits per heavy atom. The summed E-state index contributed by atoms with van der Waals surface area (Å²) >= 11 is 0. The zero-order valence-electron chi connectivity index (χ0n) is 3.51. The highest BCUT2D eigenvalue weighted by molar-refractivity contribution is 6.38. The topological polar surface area (TPSA) is 27.7 Å². The number of rotatable bonds is 1. The second-order valence-electron chi connectivity index (χ2n) is 0.976.